The molecule has 1 unspecified atom stereocenters. The number of ether oxygens (including phenoxy) is 1. The van der Waals surface area contributed by atoms with Crippen LogP contribution in [0.25, 0.3) is 10.8 Å². The van der Waals surface area contributed by atoms with Crippen LogP contribution >= 0.6 is 0 Å². The minimum atomic E-state index is -0.723. The van der Waals surface area contributed by atoms with Gasteiger partial charge in [-0.2, -0.15) is 0 Å². The molecule has 2 aromatic rings. The summed E-state index contributed by atoms with van der Waals surface area (Å²) >= 11 is 0. The molecular formula is C17H20N2O3. The van der Waals surface area contributed by atoms with Gasteiger partial charge >= 0.3 is 5.97 Å². The van der Waals surface area contributed by atoms with Gasteiger partial charge < -0.3 is 14.7 Å². The van der Waals surface area contributed by atoms with Gasteiger partial charge in [-0.1, -0.05) is 12.1 Å². The highest BCUT2D eigenvalue weighted by atomic mass is 16.5. The van der Waals surface area contributed by atoms with Crippen molar-refractivity contribution in [1.82, 2.24) is 4.98 Å². The fraction of sp³-hybridized carbons (Fsp3) is 0.412. The van der Waals surface area contributed by atoms with Crippen LogP contribution in [0.3, 0.4) is 0 Å². The molecule has 0 aliphatic carbocycles. The van der Waals surface area contributed by atoms with Crippen molar-refractivity contribution in [3.8, 4) is 5.75 Å². The van der Waals surface area contributed by atoms with Gasteiger partial charge in [0.2, 0.25) is 0 Å². The maximum absolute atomic E-state index is 11.0. The first-order valence-electron chi connectivity index (χ1n) is 7.57. The van der Waals surface area contributed by atoms with E-state index in [1.165, 1.54) is 0 Å². The normalized spacial score (nSPS) is 18.4. The molecule has 0 radical (unpaired) electrons. The van der Waals surface area contributed by atoms with Gasteiger partial charge in [-0.25, -0.2) is 4.98 Å². The van der Waals surface area contributed by atoms with Gasteiger partial charge in [-0.05, 0) is 30.9 Å². The Hall–Kier alpha value is -2.30. The lowest BCUT2D eigenvalue weighted by Gasteiger charge is -2.33. The number of rotatable bonds is 4. The third kappa shape index (κ3) is 2.84. The highest BCUT2D eigenvalue weighted by Crippen LogP contribution is 2.33. The number of aliphatic carboxylic acids is 1. The summed E-state index contributed by atoms with van der Waals surface area (Å²) in [6, 6.07) is 7.90. The first-order valence-corrected chi connectivity index (χ1v) is 7.57. The Labute approximate surface area is 129 Å². The Bertz CT molecular complexity index is 687. The zero-order chi connectivity index (χ0) is 15.5. The second-order valence-electron chi connectivity index (χ2n) is 5.74. The van der Waals surface area contributed by atoms with Crippen LogP contribution in [0.1, 0.15) is 19.3 Å². The molecule has 22 heavy (non-hydrogen) atoms. The van der Waals surface area contributed by atoms with Crippen molar-refractivity contribution in [3.63, 3.8) is 0 Å². The summed E-state index contributed by atoms with van der Waals surface area (Å²) in [5.41, 5.74) is 0. The van der Waals surface area contributed by atoms with Crippen molar-refractivity contribution in [1.29, 1.82) is 0 Å². The molecule has 1 atom stereocenters. The smallest absolute Gasteiger partial charge is 0.303 e. The van der Waals surface area contributed by atoms with E-state index in [0.717, 1.165) is 48.3 Å². The van der Waals surface area contributed by atoms with Crippen molar-refractivity contribution in [2.75, 3.05) is 25.1 Å². The summed E-state index contributed by atoms with van der Waals surface area (Å²) in [6.07, 6.45) is 3.99. The van der Waals surface area contributed by atoms with Crippen molar-refractivity contribution in [2.45, 2.75) is 19.3 Å². The molecule has 0 spiro atoms. The van der Waals surface area contributed by atoms with E-state index >= 15 is 0 Å². The van der Waals surface area contributed by atoms with Crippen molar-refractivity contribution in [2.24, 2.45) is 5.92 Å². The van der Waals surface area contributed by atoms with Crippen LogP contribution in [0.15, 0.2) is 30.5 Å². The van der Waals surface area contributed by atoms with Crippen LogP contribution in [0, 0.1) is 5.92 Å². The maximum atomic E-state index is 11.0. The molecule has 0 bridgehead atoms. The molecule has 3 rings (SSSR count). The SMILES string of the molecule is COc1cccc2c(N3CCCC(CC(=O)O)C3)nccc12. The predicted molar refractivity (Wildman–Crippen MR) is 85.5 cm³/mol. The fourth-order valence-corrected chi connectivity index (χ4v) is 3.26. The number of carboxylic acids is 1. The van der Waals surface area contributed by atoms with E-state index < -0.39 is 5.97 Å². The molecular weight excluding hydrogens is 280 g/mol. The topological polar surface area (TPSA) is 62.7 Å². The number of pyridine rings is 1. The molecule has 1 aliphatic rings. The molecule has 0 saturated carbocycles. The molecule has 1 N–H and O–H groups in total. The molecule has 2 heterocycles. The van der Waals surface area contributed by atoms with E-state index in [-0.39, 0.29) is 12.3 Å². The Morgan fingerprint density at radius 1 is 1.41 bits per heavy atom. The standard InChI is InChI=1S/C17H20N2O3/c1-22-15-6-2-5-14-13(15)7-8-18-17(14)19-9-3-4-12(11-19)10-16(20)21/h2,5-8,12H,3-4,9-11H2,1H3,(H,20,21). The van der Waals surface area contributed by atoms with E-state index in [4.69, 9.17) is 9.84 Å². The summed E-state index contributed by atoms with van der Waals surface area (Å²) in [5.74, 6) is 1.22. The van der Waals surface area contributed by atoms with Crippen LogP contribution in [-0.2, 0) is 4.79 Å². The zero-order valence-corrected chi connectivity index (χ0v) is 12.7. The first-order chi connectivity index (χ1) is 10.7. The van der Waals surface area contributed by atoms with Gasteiger partial charge in [0.05, 0.1) is 7.11 Å². The highest BCUT2D eigenvalue weighted by molar-refractivity contribution is 5.96. The number of carbonyl (C=O) groups is 1. The van der Waals surface area contributed by atoms with E-state index in [1.54, 1.807) is 13.3 Å². The summed E-state index contributed by atoms with van der Waals surface area (Å²) in [7, 11) is 1.67. The van der Waals surface area contributed by atoms with Crippen LogP contribution in [0.4, 0.5) is 5.82 Å². The van der Waals surface area contributed by atoms with Gasteiger partial charge in [0.1, 0.15) is 11.6 Å². The fourth-order valence-electron chi connectivity index (χ4n) is 3.26. The van der Waals surface area contributed by atoms with Crippen molar-refractivity contribution >= 4 is 22.6 Å². The minimum absolute atomic E-state index is 0.189. The average molecular weight is 300 g/mol. The number of hydrogen-bond donors (Lipinski definition) is 1. The van der Waals surface area contributed by atoms with E-state index in [2.05, 4.69) is 9.88 Å². The van der Waals surface area contributed by atoms with Crippen molar-refractivity contribution < 1.29 is 14.6 Å². The largest absolute Gasteiger partial charge is 0.496 e. The first kappa shape index (κ1) is 14.6. The number of hydrogen-bond acceptors (Lipinski definition) is 4. The molecule has 116 valence electrons. The van der Waals surface area contributed by atoms with Gasteiger partial charge in [0.25, 0.3) is 0 Å². The van der Waals surface area contributed by atoms with Crippen LogP contribution in [0.5, 0.6) is 5.75 Å². The summed E-state index contributed by atoms with van der Waals surface area (Å²) in [4.78, 5) is 17.7. The Morgan fingerprint density at radius 3 is 3.05 bits per heavy atom. The van der Waals surface area contributed by atoms with Crippen molar-refractivity contribution in [3.05, 3.63) is 30.5 Å². The lowest BCUT2D eigenvalue weighted by atomic mass is 9.94. The van der Waals surface area contributed by atoms with Gasteiger partial charge in [-0.15, -0.1) is 0 Å². The number of anilines is 1. The van der Waals surface area contributed by atoms with Crippen LogP contribution in [-0.4, -0.2) is 36.3 Å². The quantitative estimate of drug-likeness (QED) is 0.940. The molecule has 1 fully saturated rings. The zero-order valence-electron chi connectivity index (χ0n) is 12.7. The van der Waals surface area contributed by atoms with Crippen LogP contribution < -0.4 is 9.64 Å². The van der Waals surface area contributed by atoms with Gasteiger partial charge in [0, 0.05) is 36.5 Å². The summed E-state index contributed by atoms with van der Waals surface area (Å²) in [6.45, 7) is 1.66. The number of fused-ring (bicyclic) bond motifs is 1. The molecule has 1 aliphatic heterocycles. The number of methoxy groups -OCH3 is 1. The minimum Gasteiger partial charge on any atom is -0.496 e. The molecule has 5 heteroatoms. The Morgan fingerprint density at radius 2 is 2.27 bits per heavy atom. The van der Waals surface area contributed by atoms with E-state index in [9.17, 15) is 4.79 Å². The lowest BCUT2D eigenvalue weighted by molar-refractivity contribution is -0.138. The third-order valence-electron chi connectivity index (χ3n) is 4.25. The Kier molecular flexibility index (Phi) is 4.13. The third-order valence-corrected chi connectivity index (χ3v) is 4.25. The maximum Gasteiger partial charge on any atom is 0.303 e. The number of carboxylic acid groups (broad SMARTS) is 1. The number of piperidine rings is 1. The average Bonchev–Trinajstić information content (AvgIpc) is 2.53. The second-order valence-corrected chi connectivity index (χ2v) is 5.74. The molecule has 1 aromatic carbocycles. The molecule has 1 aromatic heterocycles. The molecule has 0 amide bonds. The number of benzene rings is 1. The second kappa shape index (κ2) is 6.22. The van der Waals surface area contributed by atoms with Gasteiger partial charge in [-0.3, -0.25) is 4.79 Å². The number of nitrogens with zero attached hydrogens (tertiary/aromatic N) is 2. The summed E-state index contributed by atoms with van der Waals surface area (Å²) in [5, 5.41) is 11.1. The molecule has 1 saturated heterocycles. The highest BCUT2D eigenvalue weighted by Gasteiger charge is 2.24. The number of aromatic nitrogens is 1. The lowest BCUT2D eigenvalue weighted by Crippen LogP contribution is -2.36. The van der Waals surface area contributed by atoms with Gasteiger partial charge in [0.15, 0.2) is 0 Å². The van der Waals surface area contributed by atoms with E-state index in [0.29, 0.717) is 0 Å². The summed E-state index contributed by atoms with van der Waals surface area (Å²) < 4.78 is 5.42. The Balaban J connectivity index is 1.94. The van der Waals surface area contributed by atoms with E-state index in [1.807, 2.05) is 24.3 Å². The monoisotopic (exact) mass is 300 g/mol. The predicted octanol–water partition coefficient (Wildman–Crippen LogP) is 2.93. The van der Waals surface area contributed by atoms with Crippen LogP contribution in [0.2, 0.25) is 0 Å². The molecule has 5 nitrogen and oxygen atoms in total.